The molecule has 2 saturated heterocycles. The van der Waals surface area contributed by atoms with Crippen molar-refractivity contribution < 1.29 is 57.1 Å². The van der Waals surface area contributed by atoms with Crippen LogP contribution in [-0.4, -0.2) is 99.1 Å². The fourth-order valence-corrected chi connectivity index (χ4v) is 4.61. The minimum atomic E-state index is -1.46. The van der Waals surface area contributed by atoms with Gasteiger partial charge in [0.2, 0.25) is 12.2 Å². The second-order valence-corrected chi connectivity index (χ2v) is 11.5. The predicted molar refractivity (Wildman–Crippen MR) is 145 cm³/mol. The van der Waals surface area contributed by atoms with E-state index < -0.39 is 79.4 Å². The number of nitrogens with one attached hydrogen (secondary N) is 2. The highest BCUT2D eigenvalue weighted by Crippen LogP contribution is 2.29. The molecule has 2 heterocycles. The molecule has 0 unspecified atom stereocenters. The lowest BCUT2D eigenvalue weighted by Gasteiger charge is -2.45. The van der Waals surface area contributed by atoms with Gasteiger partial charge in [-0.1, -0.05) is 34.1 Å². The third kappa shape index (κ3) is 11.1. The smallest absolute Gasteiger partial charge is 0.305 e. The molecule has 2 aliphatic heterocycles. The van der Waals surface area contributed by atoms with Crippen LogP contribution in [0.5, 0.6) is 0 Å². The van der Waals surface area contributed by atoms with Gasteiger partial charge in [0.25, 0.3) is 0 Å². The van der Waals surface area contributed by atoms with E-state index in [4.69, 9.17) is 33.2 Å². The molecular weight excluding hydrogens is 556 g/mol. The Morgan fingerprint density at radius 2 is 1.45 bits per heavy atom. The number of amides is 1. The average Bonchev–Trinajstić information content (AvgIpc) is 2.88. The van der Waals surface area contributed by atoms with Crippen molar-refractivity contribution in [3.8, 4) is 0 Å². The van der Waals surface area contributed by atoms with Gasteiger partial charge in [0.05, 0.1) is 19.3 Å². The average molecular weight is 603 g/mol. The van der Waals surface area contributed by atoms with Crippen molar-refractivity contribution in [3.05, 3.63) is 0 Å². The highest BCUT2D eigenvalue weighted by Gasteiger charge is 2.52. The predicted octanol–water partition coefficient (Wildman–Crippen LogP) is 0.979. The Bertz CT molecular complexity index is 947. The second-order valence-electron chi connectivity index (χ2n) is 11.5. The molecular formula is C28H46N2O12. The molecule has 2 rings (SSSR count). The van der Waals surface area contributed by atoms with Gasteiger partial charge < -0.3 is 43.8 Å². The molecule has 0 saturated carbocycles. The zero-order valence-corrected chi connectivity index (χ0v) is 25.8. The molecule has 2 aliphatic rings. The summed E-state index contributed by atoms with van der Waals surface area (Å²) in [6.07, 6.45) is -4.55. The van der Waals surface area contributed by atoms with Gasteiger partial charge in [0.15, 0.2) is 18.5 Å². The Kier molecular flexibility index (Phi) is 13.6. The highest BCUT2D eigenvalue weighted by atomic mass is 16.7. The van der Waals surface area contributed by atoms with Gasteiger partial charge in [-0.25, -0.2) is 0 Å². The van der Waals surface area contributed by atoms with Gasteiger partial charge in [-0.2, -0.15) is 0 Å². The quantitative estimate of drug-likeness (QED) is 0.226. The molecule has 2 N–H and O–H groups in total. The standard InChI is InChI=1S/C28H46N2O12/c1-9-15(2)22(29-11-10-21-37-13-28(7,8)14-38-21)26(35)30-23-25(40-18(5)33)24(39-17(4)32)20(12-36-16(3)31)42-27(23)41-19(6)34/h15,20-25,27,29H,9-14H2,1-8H3,(H,30,35)/t15-,20+,22-,23+,24+,25+,27-/m0/s1. The zero-order valence-electron chi connectivity index (χ0n) is 25.8. The minimum Gasteiger partial charge on any atom is -0.463 e. The summed E-state index contributed by atoms with van der Waals surface area (Å²) in [5, 5.41) is 6.04. The first-order valence-corrected chi connectivity index (χ1v) is 14.2. The third-order valence-electron chi connectivity index (χ3n) is 6.85. The summed E-state index contributed by atoms with van der Waals surface area (Å²) in [6.45, 7) is 13.7. The second kappa shape index (κ2) is 16.1. The van der Waals surface area contributed by atoms with Crippen LogP contribution in [0.3, 0.4) is 0 Å². The summed E-state index contributed by atoms with van der Waals surface area (Å²) in [5.74, 6) is -3.50. The monoisotopic (exact) mass is 602 g/mol. The fraction of sp³-hybridized carbons (Fsp3) is 0.821. The normalized spacial score (nSPS) is 27.2. The van der Waals surface area contributed by atoms with Crippen molar-refractivity contribution in [1.29, 1.82) is 0 Å². The van der Waals surface area contributed by atoms with E-state index in [1.807, 2.05) is 13.8 Å². The lowest BCUT2D eigenvalue weighted by atomic mass is 9.94. The van der Waals surface area contributed by atoms with E-state index in [0.717, 1.165) is 20.8 Å². The molecule has 7 atom stereocenters. The summed E-state index contributed by atoms with van der Waals surface area (Å²) < 4.78 is 38.8. The molecule has 0 bridgehead atoms. The molecule has 42 heavy (non-hydrogen) atoms. The number of hydrogen-bond donors (Lipinski definition) is 2. The Morgan fingerprint density at radius 1 is 0.881 bits per heavy atom. The maximum Gasteiger partial charge on any atom is 0.305 e. The van der Waals surface area contributed by atoms with Crippen LogP contribution >= 0.6 is 0 Å². The molecule has 0 aromatic carbocycles. The molecule has 1 amide bonds. The van der Waals surface area contributed by atoms with Crippen molar-refractivity contribution in [3.63, 3.8) is 0 Å². The van der Waals surface area contributed by atoms with Crippen LogP contribution in [0.4, 0.5) is 0 Å². The van der Waals surface area contributed by atoms with E-state index in [2.05, 4.69) is 24.5 Å². The lowest BCUT2D eigenvalue weighted by molar-refractivity contribution is -0.271. The van der Waals surface area contributed by atoms with Gasteiger partial charge >= 0.3 is 23.9 Å². The number of rotatable bonds is 13. The van der Waals surface area contributed by atoms with Crippen molar-refractivity contribution >= 4 is 29.8 Å². The van der Waals surface area contributed by atoms with E-state index in [0.29, 0.717) is 32.6 Å². The summed E-state index contributed by atoms with van der Waals surface area (Å²) >= 11 is 0. The van der Waals surface area contributed by atoms with E-state index in [1.54, 1.807) is 0 Å². The van der Waals surface area contributed by atoms with Gasteiger partial charge in [-0.15, -0.1) is 0 Å². The van der Waals surface area contributed by atoms with Crippen molar-refractivity contribution in [2.24, 2.45) is 11.3 Å². The largest absolute Gasteiger partial charge is 0.463 e. The first kappa shape index (κ1) is 35.4. The Labute approximate surface area is 246 Å². The Morgan fingerprint density at radius 3 is 1.98 bits per heavy atom. The molecule has 14 heteroatoms. The number of carbonyl (C=O) groups excluding carboxylic acids is 5. The summed E-state index contributed by atoms with van der Waals surface area (Å²) in [7, 11) is 0. The van der Waals surface area contributed by atoms with Crippen molar-refractivity contribution in [1.82, 2.24) is 10.6 Å². The summed E-state index contributed by atoms with van der Waals surface area (Å²) in [6, 6.07) is -1.99. The molecule has 2 fully saturated rings. The van der Waals surface area contributed by atoms with Crippen LogP contribution in [0.1, 0.15) is 68.2 Å². The van der Waals surface area contributed by atoms with Crippen LogP contribution in [0, 0.1) is 11.3 Å². The molecule has 0 spiro atoms. The van der Waals surface area contributed by atoms with Crippen molar-refractivity contribution in [2.45, 2.75) is 111 Å². The molecule has 0 aromatic rings. The lowest BCUT2D eigenvalue weighted by Crippen LogP contribution is -2.68. The van der Waals surface area contributed by atoms with Crippen LogP contribution in [0.15, 0.2) is 0 Å². The van der Waals surface area contributed by atoms with Gasteiger partial charge in [-0.05, 0) is 5.92 Å². The van der Waals surface area contributed by atoms with E-state index in [-0.39, 0.29) is 11.3 Å². The van der Waals surface area contributed by atoms with Gasteiger partial charge in [0, 0.05) is 46.1 Å². The van der Waals surface area contributed by atoms with E-state index >= 15 is 0 Å². The number of ether oxygens (including phenoxy) is 7. The van der Waals surface area contributed by atoms with Crippen LogP contribution in [-0.2, 0) is 57.1 Å². The molecule has 14 nitrogen and oxygen atoms in total. The topological polar surface area (TPSA) is 174 Å². The van der Waals surface area contributed by atoms with Gasteiger partial charge in [0.1, 0.15) is 18.8 Å². The van der Waals surface area contributed by atoms with Crippen LogP contribution in [0.25, 0.3) is 0 Å². The maximum absolute atomic E-state index is 13.7. The SMILES string of the molecule is CC[C@H](C)[C@H](NCCC1OCC(C)(C)CO1)C(=O)N[C@H]1[C@@H](OC(C)=O)O[C@H](COC(C)=O)[C@@H](OC(C)=O)[C@@H]1OC(C)=O. The van der Waals surface area contributed by atoms with E-state index in [1.165, 1.54) is 6.92 Å². The number of esters is 4. The first-order chi connectivity index (χ1) is 19.6. The first-order valence-electron chi connectivity index (χ1n) is 14.2. The van der Waals surface area contributed by atoms with Crippen molar-refractivity contribution in [2.75, 3.05) is 26.4 Å². The minimum absolute atomic E-state index is 0.0662. The molecule has 0 aliphatic carbocycles. The van der Waals surface area contributed by atoms with Gasteiger partial charge in [-0.3, -0.25) is 24.0 Å². The Hall–Kier alpha value is -2.81. The third-order valence-corrected chi connectivity index (χ3v) is 6.85. The Balaban J connectivity index is 2.29. The summed E-state index contributed by atoms with van der Waals surface area (Å²) in [4.78, 5) is 61.4. The van der Waals surface area contributed by atoms with E-state index in [9.17, 15) is 24.0 Å². The molecule has 0 radical (unpaired) electrons. The number of carbonyl (C=O) groups is 5. The fourth-order valence-electron chi connectivity index (χ4n) is 4.61. The molecule has 240 valence electrons. The molecule has 0 aromatic heterocycles. The maximum atomic E-state index is 13.7. The summed E-state index contributed by atoms with van der Waals surface area (Å²) in [5.41, 5.74) is -0.0662. The highest BCUT2D eigenvalue weighted by molar-refractivity contribution is 5.82. The number of hydrogen-bond acceptors (Lipinski definition) is 13. The van der Waals surface area contributed by atoms with Crippen LogP contribution < -0.4 is 10.6 Å². The zero-order chi connectivity index (χ0) is 31.6. The van der Waals surface area contributed by atoms with Crippen LogP contribution in [0.2, 0.25) is 0 Å².